The lowest BCUT2D eigenvalue weighted by Crippen LogP contribution is -2.43. The van der Waals surface area contributed by atoms with Crippen LogP contribution in [0.3, 0.4) is 0 Å². The van der Waals surface area contributed by atoms with Crippen molar-refractivity contribution in [3.8, 4) is 0 Å². The maximum atomic E-state index is 14.2. The molecule has 0 N–H and O–H groups in total. The van der Waals surface area contributed by atoms with Gasteiger partial charge in [-0.25, -0.2) is 13.8 Å². The van der Waals surface area contributed by atoms with Crippen LogP contribution in [0.15, 0.2) is 30.3 Å². The van der Waals surface area contributed by atoms with Crippen molar-refractivity contribution in [3.05, 3.63) is 58.7 Å². The van der Waals surface area contributed by atoms with Crippen molar-refractivity contribution < 1.29 is 18.3 Å². The summed E-state index contributed by atoms with van der Waals surface area (Å²) in [5.74, 6) is -1.48. The van der Waals surface area contributed by atoms with E-state index in [4.69, 9.17) is 4.74 Å². The van der Waals surface area contributed by atoms with Crippen molar-refractivity contribution in [1.82, 2.24) is 9.88 Å². The number of hydrogen-bond donors (Lipinski definition) is 0. The van der Waals surface area contributed by atoms with E-state index in [1.807, 2.05) is 26.0 Å². The van der Waals surface area contributed by atoms with Crippen molar-refractivity contribution in [1.29, 1.82) is 0 Å². The SMILES string of the molecule is Cc1ccc(CC(=O)N(CCN2CCOCC2)c2nc3c(F)cc(F)cc3s2)c(C)c1. The third kappa shape index (κ3) is 5.08. The fraction of sp³-hybridized carbons (Fsp3) is 0.391. The average molecular weight is 446 g/mol. The summed E-state index contributed by atoms with van der Waals surface area (Å²) < 4.78 is 33.7. The summed E-state index contributed by atoms with van der Waals surface area (Å²) >= 11 is 1.14. The van der Waals surface area contributed by atoms with Gasteiger partial charge < -0.3 is 4.74 Å². The molecule has 1 aromatic heterocycles. The highest BCUT2D eigenvalue weighted by molar-refractivity contribution is 7.22. The first-order chi connectivity index (χ1) is 14.9. The maximum Gasteiger partial charge on any atom is 0.233 e. The van der Waals surface area contributed by atoms with E-state index >= 15 is 0 Å². The molecule has 1 fully saturated rings. The van der Waals surface area contributed by atoms with Crippen molar-refractivity contribution in [2.45, 2.75) is 20.3 Å². The number of anilines is 1. The summed E-state index contributed by atoms with van der Waals surface area (Å²) in [5.41, 5.74) is 3.24. The summed E-state index contributed by atoms with van der Waals surface area (Å²) in [4.78, 5) is 21.5. The molecule has 1 saturated heterocycles. The molecular weight excluding hydrogens is 420 g/mol. The van der Waals surface area contributed by atoms with E-state index in [-0.39, 0.29) is 17.8 Å². The lowest BCUT2D eigenvalue weighted by atomic mass is 10.0. The van der Waals surface area contributed by atoms with Gasteiger partial charge in [-0.2, -0.15) is 0 Å². The zero-order valence-electron chi connectivity index (χ0n) is 17.7. The Morgan fingerprint density at radius 1 is 1.19 bits per heavy atom. The van der Waals surface area contributed by atoms with Crippen molar-refractivity contribution in [2.24, 2.45) is 0 Å². The van der Waals surface area contributed by atoms with E-state index in [9.17, 15) is 13.6 Å². The number of benzene rings is 2. The highest BCUT2D eigenvalue weighted by Gasteiger charge is 2.23. The van der Waals surface area contributed by atoms with Gasteiger partial charge in [-0.05, 0) is 31.0 Å². The van der Waals surface area contributed by atoms with Crippen molar-refractivity contribution in [2.75, 3.05) is 44.3 Å². The Kier molecular flexibility index (Phi) is 6.60. The standard InChI is InChI=1S/C23H25F2N3O2S/c1-15-3-4-17(16(2)11-15)12-21(29)28(6-5-27-7-9-30-10-8-27)23-26-22-19(25)13-18(24)14-20(22)31-23/h3-4,11,13-14H,5-10,12H2,1-2H3. The predicted molar refractivity (Wildman–Crippen MR) is 119 cm³/mol. The first-order valence-corrected chi connectivity index (χ1v) is 11.1. The maximum absolute atomic E-state index is 14.2. The van der Waals surface area contributed by atoms with Crippen LogP contribution in [0, 0.1) is 25.5 Å². The molecule has 0 radical (unpaired) electrons. The second-order valence-electron chi connectivity index (χ2n) is 7.84. The highest BCUT2D eigenvalue weighted by atomic mass is 32.1. The second kappa shape index (κ2) is 9.38. The van der Waals surface area contributed by atoms with Gasteiger partial charge in [-0.3, -0.25) is 14.6 Å². The molecule has 0 unspecified atom stereocenters. The molecule has 31 heavy (non-hydrogen) atoms. The molecule has 0 aliphatic carbocycles. The van der Waals surface area contributed by atoms with Gasteiger partial charge in [0.2, 0.25) is 5.91 Å². The molecule has 1 aliphatic heterocycles. The van der Waals surface area contributed by atoms with Gasteiger partial charge >= 0.3 is 0 Å². The van der Waals surface area contributed by atoms with Crippen LogP contribution >= 0.6 is 11.3 Å². The largest absolute Gasteiger partial charge is 0.379 e. The van der Waals surface area contributed by atoms with E-state index in [2.05, 4.69) is 16.0 Å². The van der Waals surface area contributed by atoms with Crippen LogP contribution in [0.4, 0.5) is 13.9 Å². The van der Waals surface area contributed by atoms with Gasteiger partial charge in [-0.15, -0.1) is 0 Å². The minimum absolute atomic E-state index is 0.0945. The van der Waals surface area contributed by atoms with E-state index in [0.717, 1.165) is 47.2 Å². The number of nitrogens with zero attached hydrogens (tertiary/aromatic N) is 3. The summed E-state index contributed by atoms with van der Waals surface area (Å²) in [7, 11) is 0. The van der Waals surface area contributed by atoms with Gasteiger partial charge in [0, 0.05) is 32.2 Å². The molecule has 0 atom stereocenters. The van der Waals surface area contributed by atoms with E-state index in [1.165, 1.54) is 6.07 Å². The van der Waals surface area contributed by atoms with Crippen molar-refractivity contribution in [3.63, 3.8) is 0 Å². The Balaban J connectivity index is 1.61. The van der Waals surface area contributed by atoms with Gasteiger partial charge in [0.25, 0.3) is 0 Å². The number of fused-ring (bicyclic) bond motifs is 1. The Bertz CT molecular complexity index is 1100. The van der Waals surface area contributed by atoms with Gasteiger partial charge in [0.15, 0.2) is 10.9 Å². The first-order valence-electron chi connectivity index (χ1n) is 10.3. The number of morpholine rings is 1. The Labute approximate surface area is 184 Å². The number of carbonyl (C=O) groups is 1. The quantitative estimate of drug-likeness (QED) is 0.573. The minimum Gasteiger partial charge on any atom is -0.379 e. The van der Waals surface area contributed by atoms with Crippen LogP contribution in [0.2, 0.25) is 0 Å². The number of rotatable bonds is 6. The average Bonchev–Trinajstić information content (AvgIpc) is 3.15. The number of thiazole rings is 1. The second-order valence-corrected chi connectivity index (χ2v) is 8.85. The van der Waals surface area contributed by atoms with E-state index in [1.54, 1.807) is 4.90 Å². The van der Waals surface area contributed by atoms with E-state index < -0.39 is 11.6 Å². The molecule has 0 spiro atoms. The molecule has 0 saturated carbocycles. The number of hydrogen-bond acceptors (Lipinski definition) is 5. The van der Waals surface area contributed by atoms with E-state index in [0.29, 0.717) is 36.1 Å². The van der Waals surface area contributed by atoms with Gasteiger partial charge in [0.05, 0.1) is 24.3 Å². The van der Waals surface area contributed by atoms with Crippen LogP contribution < -0.4 is 4.90 Å². The van der Waals surface area contributed by atoms with Crippen LogP contribution in [0.5, 0.6) is 0 Å². The number of aromatic nitrogens is 1. The van der Waals surface area contributed by atoms with Crippen molar-refractivity contribution >= 4 is 32.6 Å². The molecule has 1 aliphatic rings. The number of aryl methyl sites for hydroxylation is 2. The summed E-state index contributed by atoms with van der Waals surface area (Å²) in [6.07, 6.45) is 0.224. The van der Waals surface area contributed by atoms with Gasteiger partial charge in [-0.1, -0.05) is 35.1 Å². The Hall–Kier alpha value is -2.42. The fourth-order valence-electron chi connectivity index (χ4n) is 3.76. The first kappa shape index (κ1) is 21.8. The zero-order valence-corrected chi connectivity index (χ0v) is 18.5. The number of carbonyl (C=O) groups excluding carboxylic acids is 1. The molecule has 5 nitrogen and oxygen atoms in total. The fourth-order valence-corrected chi connectivity index (χ4v) is 4.80. The summed E-state index contributed by atoms with van der Waals surface area (Å²) in [5, 5.41) is 0.391. The molecule has 1 amide bonds. The number of ether oxygens (including phenoxy) is 1. The summed E-state index contributed by atoms with van der Waals surface area (Å²) in [6, 6.07) is 8.09. The molecule has 4 rings (SSSR count). The zero-order chi connectivity index (χ0) is 22.0. The van der Waals surface area contributed by atoms with Crippen LogP contribution in [-0.2, 0) is 16.0 Å². The molecule has 164 valence electrons. The molecule has 0 bridgehead atoms. The predicted octanol–water partition coefficient (Wildman–Crippen LogP) is 4.10. The molecule has 8 heteroatoms. The highest BCUT2D eigenvalue weighted by Crippen LogP contribution is 2.31. The smallest absolute Gasteiger partial charge is 0.233 e. The Morgan fingerprint density at radius 2 is 1.97 bits per heavy atom. The van der Waals surface area contributed by atoms with Crippen LogP contribution in [0.1, 0.15) is 16.7 Å². The van der Waals surface area contributed by atoms with Gasteiger partial charge in [0.1, 0.15) is 11.3 Å². The van der Waals surface area contributed by atoms with Crippen LogP contribution in [0.25, 0.3) is 10.2 Å². The Morgan fingerprint density at radius 3 is 2.71 bits per heavy atom. The topological polar surface area (TPSA) is 45.7 Å². The number of halogens is 2. The molecule has 3 aromatic rings. The minimum atomic E-state index is -0.715. The molecule has 2 aromatic carbocycles. The monoisotopic (exact) mass is 445 g/mol. The summed E-state index contributed by atoms with van der Waals surface area (Å²) in [6.45, 7) is 8.04. The third-order valence-electron chi connectivity index (χ3n) is 5.52. The lowest BCUT2D eigenvalue weighted by molar-refractivity contribution is -0.118. The molecule has 2 heterocycles. The normalized spacial score (nSPS) is 14.8. The lowest BCUT2D eigenvalue weighted by Gasteiger charge is -2.29. The number of amides is 1. The van der Waals surface area contributed by atoms with Crippen LogP contribution in [-0.4, -0.2) is 55.2 Å². The third-order valence-corrected chi connectivity index (χ3v) is 6.54. The molecular formula is C23H25F2N3O2S.